The fourth-order valence-electron chi connectivity index (χ4n) is 3.38. The van der Waals surface area contributed by atoms with Gasteiger partial charge in [-0.2, -0.15) is 0 Å². The van der Waals surface area contributed by atoms with Crippen molar-refractivity contribution in [3.63, 3.8) is 0 Å². The Labute approximate surface area is 115 Å². The van der Waals surface area contributed by atoms with Gasteiger partial charge in [0.1, 0.15) is 11.6 Å². The number of halogens is 1. The molecule has 2 unspecified atom stereocenters. The molecule has 19 heavy (non-hydrogen) atoms. The van der Waals surface area contributed by atoms with Crippen LogP contribution in [-0.2, 0) is 6.54 Å². The third-order valence-electron chi connectivity index (χ3n) is 3.92. The van der Waals surface area contributed by atoms with Gasteiger partial charge in [0.05, 0.1) is 6.10 Å². The highest BCUT2D eigenvalue weighted by Gasteiger charge is 2.33. The topological polar surface area (TPSA) is 35.2 Å². The molecule has 1 fully saturated rings. The highest BCUT2D eigenvalue weighted by atomic mass is 19.1. The Morgan fingerprint density at radius 3 is 2.74 bits per heavy atom. The van der Waals surface area contributed by atoms with E-state index in [4.69, 9.17) is 10.5 Å². The summed E-state index contributed by atoms with van der Waals surface area (Å²) in [6, 6.07) is 4.93. The second-order valence-corrected chi connectivity index (χ2v) is 6.57. The zero-order chi connectivity index (χ0) is 14.0. The largest absolute Gasteiger partial charge is 0.490 e. The molecule has 2 atom stereocenters. The normalized spacial score (nSPS) is 26.2. The summed E-state index contributed by atoms with van der Waals surface area (Å²) in [6.07, 6.45) is 3.42. The number of nitrogens with two attached hydrogens (primary N) is 1. The smallest absolute Gasteiger partial charge is 0.131 e. The van der Waals surface area contributed by atoms with Crippen LogP contribution in [0.15, 0.2) is 18.2 Å². The zero-order valence-corrected chi connectivity index (χ0v) is 12.1. The Kier molecular flexibility index (Phi) is 4.14. The third-order valence-corrected chi connectivity index (χ3v) is 3.92. The Morgan fingerprint density at radius 2 is 2.11 bits per heavy atom. The van der Waals surface area contributed by atoms with Crippen molar-refractivity contribution in [2.75, 3.05) is 0 Å². The van der Waals surface area contributed by atoms with Crippen LogP contribution in [0, 0.1) is 17.2 Å². The van der Waals surface area contributed by atoms with Gasteiger partial charge < -0.3 is 10.5 Å². The molecule has 0 amide bonds. The fourth-order valence-corrected chi connectivity index (χ4v) is 3.38. The second-order valence-electron chi connectivity index (χ2n) is 6.57. The lowest BCUT2D eigenvalue weighted by Gasteiger charge is -2.39. The summed E-state index contributed by atoms with van der Waals surface area (Å²) in [5, 5.41) is 0. The first-order valence-corrected chi connectivity index (χ1v) is 7.05. The minimum atomic E-state index is -0.275. The van der Waals surface area contributed by atoms with Crippen molar-refractivity contribution >= 4 is 0 Å². The minimum Gasteiger partial charge on any atom is -0.490 e. The molecule has 0 radical (unpaired) electrons. The highest BCUT2D eigenvalue weighted by Crippen LogP contribution is 2.40. The molecule has 0 heterocycles. The van der Waals surface area contributed by atoms with Crippen LogP contribution in [0.5, 0.6) is 5.75 Å². The summed E-state index contributed by atoms with van der Waals surface area (Å²) in [7, 11) is 0. The van der Waals surface area contributed by atoms with Gasteiger partial charge in [-0.1, -0.05) is 26.8 Å². The van der Waals surface area contributed by atoms with Gasteiger partial charge in [0.25, 0.3) is 0 Å². The zero-order valence-electron chi connectivity index (χ0n) is 12.1. The van der Waals surface area contributed by atoms with Gasteiger partial charge in [-0.25, -0.2) is 4.39 Å². The van der Waals surface area contributed by atoms with Crippen molar-refractivity contribution in [1.82, 2.24) is 0 Å². The number of hydrogen-bond donors (Lipinski definition) is 1. The van der Waals surface area contributed by atoms with E-state index in [0.29, 0.717) is 22.6 Å². The Morgan fingerprint density at radius 1 is 1.37 bits per heavy atom. The van der Waals surface area contributed by atoms with E-state index in [2.05, 4.69) is 20.8 Å². The van der Waals surface area contributed by atoms with Gasteiger partial charge in [-0.3, -0.25) is 0 Å². The first kappa shape index (κ1) is 14.3. The molecular weight excluding hydrogens is 241 g/mol. The van der Waals surface area contributed by atoms with Crippen molar-refractivity contribution in [1.29, 1.82) is 0 Å². The lowest BCUT2D eigenvalue weighted by Crippen LogP contribution is -2.34. The quantitative estimate of drug-likeness (QED) is 0.900. The van der Waals surface area contributed by atoms with Gasteiger partial charge >= 0.3 is 0 Å². The molecule has 0 aliphatic heterocycles. The molecule has 2 rings (SSSR count). The van der Waals surface area contributed by atoms with Crippen molar-refractivity contribution in [2.24, 2.45) is 17.1 Å². The first-order valence-electron chi connectivity index (χ1n) is 7.05. The predicted octanol–water partition coefficient (Wildman–Crippen LogP) is 3.88. The Balaban J connectivity index is 2.15. The van der Waals surface area contributed by atoms with E-state index in [9.17, 15) is 4.39 Å². The molecule has 1 saturated carbocycles. The number of ether oxygens (including phenoxy) is 1. The van der Waals surface area contributed by atoms with Crippen LogP contribution >= 0.6 is 0 Å². The van der Waals surface area contributed by atoms with Crippen LogP contribution in [-0.4, -0.2) is 6.10 Å². The van der Waals surface area contributed by atoms with Crippen LogP contribution in [0.4, 0.5) is 4.39 Å². The maximum Gasteiger partial charge on any atom is 0.131 e. The molecule has 1 aliphatic rings. The number of rotatable bonds is 3. The van der Waals surface area contributed by atoms with Crippen molar-refractivity contribution < 1.29 is 9.13 Å². The molecular formula is C16H24FNO. The second kappa shape index (κ2) is 5.49. The van der Waals surface area contributed by atoms with Crippen LogP contribution in [0.2, 0.25) is 0 Å². The number of hydrogen-bond acceptors (Lipinski definition) is 2. The average molecular weight is 265 g/mol. The molecule has 106 valence electrons. The average Bonchev–Trinajstić information content (AvgIpc) is 2.26. The molecule has 1 aromatic carbocycles. The van der Waals surface area contributed by atoms with E-state index in [1.165, 1.54) is 12.5 Å². The van der Waals surface area contributed by atoms with Gasteiger partial charge in [0.15, 0.2) is 0 Å². The summed E-state index contributed by atoms with van der Waals surface area (Å²) < 4.78 is 19.7. The monoisotopic (exact) mass is 265 g/mol. The van der Waals surface area contributed by atoms with E-state index in [-0.39, 0.29) is 18.5 Å². The summed E-state index contributed by atoms with van der Waals surface area (Å²) >= 11 is 0. The first-order chi connectivity index (χ1) is 8.91. The van der Waals surface area contributed by atoms with Crippen molar-refractivity contribution in [3.05, 3.63) is 29.6 Å². The van der Waals surface area contributed by atoms with E-state index in [1.807, 2.05) is 6.07 Å². The minimum absolute atomic E-state index is 0.158. The van der Waals surface area contributed by atoms with Crippen LogP contribution in [0.3, 0.4) is 0 Å². The molecule has 0 aromatic heterocycles. The molecule has 0 saturated heterocycles. The third kappa shape index (κ3) is 3.47. The molecule has 1 aliphatic carbocycles. The van der Waals surface area contributed by atoms with Crippen molar-refractivity contribution in [2.45, 2.75) is 52.7 Å². The maximum absolute atomic E-state index is 13.7. The molecule has 2 nitrogen and oxygen atoms in total. The standard InChI is InChI=1S/C16H24FNO/c1-11-7-12(9-16(2,3)8-11)19-15-6-4-5-14(17)13(15)10-18/h4-6,11-12H,7-10,18H2,1-3H3. The van der Waals surface area contributed by atoms with Gasteiger partial charge in [-0.05, 0) is 42.7 Å². The van der Waals surface area contributed by atoms with Crippen molar-refractivity contribution in [3.8, 4) is 5.75 Å². The Hall–Kier alpha value is -1.09. The van der Waals surface area contributed by atoms with Crippen LogP contribution < -0.4 is 10.5 Å². The summed E-state index contributed by atoms with van der Waals surface area (Å²) in [5.41, 5.74) is 6.39. The summed E-state index contributed by atoms with van der Waals surface area (Å²) in [4.78, 5) is 0. The van der Waals surface area contributed by atoms with E-state index in [0.717, 1.165) is 12.8 Å². The summed E-state index contributed by atoms with van der Waals surface area (Å²) in [6.45, 7) is 6.98. The molecule has 3 heteroatoms. The highest BCUT2D eigenvalue weighted by molar-refractivity contribution is 5.34. The lowest BCUT2D eigenvalue weighted by atomic mass is 9.71. The van der Waals surface area contributed by atoms with E-state index >= 15 is 0 Å². The molecule has 0 spiro atoms. The van der Waals surface area contributed by atoms with Gasteiger partial charge in [0, 0.05) is 12.1 Å². The fraction of sp³-hybridized carbons (Fsp3) is 0.625. The Bertz CT molecular complexity index is 444. The van der Waals surface area contributed by atoms with E-state index in [1.54, 1.807) is 6.07 Å². The summed E-state index contributed by atoms with van der Waals surface area (Å²) in [5.74, 6) is 0.976. The van der Waals surface area contributed by atoms with E-state index < -0.39 is 0 Å². The number of benzene rings is 1. The van der Waals surface area contributed by atoms with Gasteiger partial charge in [0.2, 0.25) is 0 Å². The van der Waals surface area contributed by atoms with Crippen LogP contribution in [0.1, 0.15) is 45.6 Å². The predicted molar refractivity (Wildman–Crippen MR) is 75.5 cm³/mol. The molecule has 1 aromatic rings. The van der Waals surface area contributed by atoms with Gasteiger partial charge in [-0.15, -0.1) is 0 Å². The lowest BCUT2D eigenvalue weighted by molar-refractivity contribution is 0.0554. The SMILES string of the molecule is CC1CC(Oc2cccc(F)c2CN)CC(C)(C)C1. The molecule has 2 N–H and O–H groups in total. The van der Waals surface area contributed by atoms with Crippen LogP contribution in [0.25, 0.3) is 0 Å². The molecule has 0 bridgehead atoms. The maximum atomic E-state index is 13.7.